The molecule has 1 rings (SSSR count). The van der Waals surface area contributed by atoms with Crippen LogP contribution < -0.4 is 0 Å². The molecule has 6 nitrogen and oxygen atoms in total. The van der Waals surface area contributed by atoms with E-state index in [4.69, 9.17) is 4.74 Å². The minimum Gasteiger partial charge on any atom is -0.350 e. The molecule has 0 aromatic rings. The Bertz CT molecular complexity index is 151. The number of rotatable bonds is 2. The van der Waals surface area contributed by atoms with Gasteiger partial charge in [0.25, 0.3) is 5.09 Å². The highest BCUT2D eigenvalue weighted by molar-refractivity contribution is 4.59. The predicted octanol–water partition coefficient (Wildman–Crippen LogP) is -0.517. The minimum atomic E-state index is -0.830. The number of ether oxygens (including phenoxy) is 1. The van der Waals surface area contributed by atoms with E-state index in [0.29, 0.717) is 13.2 Å². The van der Waals surface area contributed by atoms with Crippen molar-refractivity contribution in [1.82, 2.24) is 4.90 Å². The van der Waals surface area contributed by atoms with Crippen LogP contribution in [0.4, 0.5) is 0 Å². The van der Waals surface area contributed by atoms with E-state index in [2.05, 4.69) is 4.84 Å². The molecule has 1 unspecified atom stereocenters. The van der Waals surface area contributed by atoms with Gasteiger partial charge in [0, 0.05) is 13.1 Å². The van der Waals surface area contributed by atoms with Crippen molar-refractivity contribution in [2.75, 3.05) is 26.7 Å². The van der Waals surface area contributed by atoms with Gasteiger partial charge in [-0.1, -0.05) is 0 Å². The standard InChI is InChI=1S/C5H10N2O4/c1-6-2-3-10-5(4-6)11-7(8)9/h5H,2-4H2,1H3. The van der Waals surface area contributed by atoms with E-state index in [9.17, 15) is 10.1 Å². The Morgan fingerprint density at radius 2 is 2.55 bits per heavy atom. The van der Waals surface area contributed by atoms with Gasteiger partial charge in [-0.2, -0.15) is 0 Å². The first-order chi connectivity index (χ1) is 5.18. The molecule has 0 saturated carbocycles. The first-order valence-electron chi connectivity index (χ1n) is 3.30. The van der Waals surface area contributed by atoms with Gasteiger partial charge in [0.2, 0.25) is 6.29 Å². The van der Waals surface area contributed by atoms with Crippen LogP contribution in [0, 0.1) is 10.1 Å². The van der Waals surface area contributed by atoms with Crippen molar-refractivity contribution in [2.24, 2.45) is 0 Å². The van der Waals surface area contributed by atoms with Gasteiger partial charge in [0.05, 0.1) is 6.61 Å². The van der Waals surface area contributed by atoms with Crippen molar-refractivity contribution in [2.45, 2.75) is 6.29 Å². The largest absolute Gasteiger partial charge is 0.350 e. The highest BCUT2D eigenvalue weighted by Crippen LogP contribution is 2.03. The van der Waals surface area contributed by atoms with Crippen LogP contribution in [0.1, 0.15) is 0 Å². The highest BCUT2D eigenvalue weighted by atomic mass is 17.0. The van der Waals surface area contributed by atoms with Crippen molar-refractivity contribution in [1.29, 1.82) is 0 Å². The lowest BCUT2D eigenvalue weighted by Gasteiger charge is -2.27. The van der Waals surface area contributed by atoms with Crippen molar-refractivity contribution < 1.29 is 14.7 Å². The molecule has 0 aliphatic carbocycles. The zero-order valence-corrected chi connectivity index (χ0v) is 6.23. The molecule has 1 atom stereocenters. The van der Waals surface area contributed by atoms with E-state index in [1.807, 2.05) is 11.9 Å². The molecule has 0 aromatic carbocycles. The topological polar surface area (TPSA) is 64.8 Å². The molecule has 0 bridgehead atoms. The number of hydrogen-bond donors (Lipinski definition) is 0. The average molecular weight is 162 g/mol. The third-order valence-electron chi connectivity index (χ3n) is 1.44. The summed E-state index contributed by atoms with van der Waals surface area (Å²) in [5, 5.41) is 9.03. The number of likely N-dealkylation sites (N-methyl/N-ethyl adjacent to an activating group) is 1. The minimum absolute atomic E-state index is 0.445. The molecular formula is C5H10N2O4. The summed E-state index contributed by atoms with van der Waals surface area (Å²) in [4.78, 5) is 16.0. The SMILES string of the molecule is CN1CCOC(O[N+](=O)[O-])C1. The Balaban J connectivity index is 2.28. The van der Waals surface area contributed by atoms with E-state index in [0.717, 1.165) is 6.54 Å². The number of hydrogen-bond acceptors (Lipinski definition) is 5. The second-order valence-corrected chi connectivity index (χ2v) is 2.39. The maximum absolute atomic E-state index is 9.86. The fraction of sp³-hybridized carbons (Fsp3) is 1.00. The van der Waals surface area contributed by atoms with Crippen molar-refractivity contribution in [3.8, 4) is 0 Å². The summed E-state index contributed by atoms with van der Waals surface area (Å²) in [5.74, 6) is 0. The Labute approximate surface area is 63.8 Å². The molecule has 6 heteroatoms. The lowest BCUT2D eigenvalue weighted by atomic mass is 10.4. The van der Waals surface area contributed by atoms with Gasteiger partial charge in [-0.05, 0) is 7.05 Å². The van der Waals surface area contributed by atoms with Crippen molar-refractivity contribution in [3.63, 3.8) is 0 Å². The third-order valence-corrected chi connectivity index (χ3v) is 1.44. The van der Waals surface area contributed by atoms with Gasteiger partial charge in [0.1, 0.15) is 0 Å². The summed E-state index contributed by atoms with van der Waals surface area (Å²) < 4.78 is 4.95. The van der Waals surface area contributed by atoms with Crippen LogP contribution in [-0.2, 0) is 9.57 Å². The molecule has 0 amide bonds. The summed E-state index contributed by atoms with van der Waals surface area (Å²) in [6.07, 6.45) is -0.719. The molecule has 0 N–H and O–H groups in total. The van der Waals surface area contributed by atoms with E-state index in [1.165, 1.54) is 0 Å². The van der Waals surface area contributed by atoms with Crippen LogP contribution in [0.25, 0.3) is 0 Å². The fourth-order valence-electron chi connectivity index (χ4n) is 0.898. The monoisotopic (exact) mass is 162 g/mol. The van der Waals surface area contributed by atoms with Crippen LogP contribution in [0.5, 0.6) is 0 Å². The number of nitrogens with zero attached hydrogens (tertiary/aromatic N) is 2. The second-order valence-electron chi connectivity index (χ2n) is 2.39. The third kappa shape index (κ3) is 2.69. The van der Waals surface area contributed by atoms with Crippen LogP contribution >= 0.6 is 0 Å². The summed E-state index contributed by atoms with van der Waals surface area (Å²) in [5.41, 5.74) is 0. The normalized spacial score (nSPS) is 26.5. The first-order valence-corrected chi connectivity index (χ1v) is 3.30. The summed E-state index contributed by atoms with van der Waals surface area (Å²) in [6, 6.07) is 0. The van der Waals surface area contributed by atoms with E-state index >= 15 is 0 Å². The average Bonchev–Trinajstić information content (AvgIpc) is 1.85. The molecule has 0 spiro atoms. The maximum atomic E-state index is 9.86. The quantitative estimate of drug-likeness (QED) is 0.404. The molecule has 0 aromatic heterocycles. The summed E-state index contributed by atoms with van der Waals surface area (Å²) in [6.45, 7) is 1.72. The Hall–Kier alpha value is -0.880. The van der Waals surface area contributed by atoms with Crippen molar-refractivity contribution >= 4 is 0 Å². The lowest BCUT2D eigenvalue weighted by Crippen LogP contribution is -2.42. The zero-order chi connectivity index (χ0) is 8.27. The van der Waals surface area contributed by atoms with Crippen LogP contribution in [0.2, 0.25) is 0 Å². The van der Waals surface area contributed by atoms with E-state index in [-0.39, 0.29) is 0 Å². The molecule has 0 radical (unpaired) electrons. The van der Waals surface area contributed by atoms with Gasteiger partial charge in [-0.25, -0.2) is 0 Å². The van der Waals surface area contributed by atoms with Gasteiger partial charge >= 0.3 is 0 Å². The molecule has 1 heterocycles. The van der Waals surface area contributed by atoms with E-state index < -0.39 is 11.4 Å². The fourth-order valence-corrected chi connectivity index (χ4v) is 0.898. The van der Waals surface area contributed by atoms with Crippen LogP contribution in [0.3, 0.4) is 0 Å². The van der Waals surface area contributed by atoms with E-state index in [1.54, 1.807) is 0 Å². The zero-order valence-electron chi connectivity index (χ0n) is 6.23. The van der Waals surface area contributed by atoms with Gasteiger partial charge in [-0.3, -0.25) is 9.74 Å². The molecule has 1 fully saturated rings. The molecule has 1 aliphatic heterocycles. The smallest absolute Gasteiger partial charge is 0.297 e. The summed E-state index contributed by atoms with van der Waals surface area (Å²) in [7, 11) is 1.86. The van der Waals surface area contributed by atoms with Gasteiger partial charge in [0.15, 0.2) is 0 Å². The summed E-state index contributed by atoms with van der Waals surface area (Å²) >= 11 is 0. The van der Waals surface area contributed by atoms with Gasteiger partial charge < -0.3 is 4.74 Å². The second kappa shape index (κ2) is 3.49. The van der Waals surface area contributed by atoms with Crippen molar-refractivity contribution in [3.05, 3.63) is 10.1 Å². The lowest BCUT2D eigenvalue weighted by molar-refractivity contribution is -0.781. The molecular weight excluding hydrogens is 152 g/mol. The Kier molecular flexibility index (Phi) is 2.61. The maximum Gasteiger partial charge on any atom is 0.297 e. The molecule has 1 aliphatic rings. The van der Waals surface area contributed by atoms with Crippen LogP contribution in [0.15, 0.2) is 0 Å². The molecule has 64 valence electrons. The number of morpholine rings is 1. The Morgan fingerprint density at radius 1 is 1.82 bits per heavy atom. The predicted molar refractivity (Wildman–Crippen MR) is 35.3 cm³/mol. The Morgan fingerprint density at radius 3 is 3.09 bits per heavy atom. The van der Waals surface area contributed by atoms with Crippen LogP contribution in [-0.4, -0.2) is 43.0 Å². The first kappa shape index (κ1) is 8.22. The van der Waals surface area contributed by atoms with Gasteiger partial charge in [-0.15, -0.1) is 10.1 Å². The molecule has 11 heavy (non-hydrogen) atoms. The highest BCUT2D eigenvalue weighted by Gasteiger charge is 2.20. The molecule has 1 saturated heterocycles.